The number of benzene rings is 1. The summed E-state index contributed by atoms with van der Waals surface area (Å²) in [5.74, 6) is 0.483. The summed E-state index contributed by atoms with van der Waals surface area (Å²) in [4.78, 5) is 12.3. The molecule has 0 aliphatic carbocycles. The van der Waals surface area contributed by atoms with Crippen molar-refractivity contribution in [3.63, 3.8) is 0 Å². The van der Waals surface area contributed by atoms with Crippen molar-refractivity contribution in [2.75, 3.05) is 5.32 Å². The lowest BCUT2D eigenvalue weighted by Gasteiger charge is -2.15. The molecular formula is C18H26N4O. The molecule has 0 spiro atoms. The van der Waals surface area contributed by atoms with Crippen LogP contribution in [-0.4, -0.2) is 21.7 Å². The fourth-order valence-electron chi connectivity index (χ4n) is 2.45. The number of rotatable bonds is 5. The first-order valence-electron chi connectivity index (χ1n) is 7.88. The number of aryl methyl sites for hydroxylation is 1. The van der Waals surface area contributed by atoms with Gasteiger partial charge in [0, 0.05) is 13.1 Å². The topological polar surface area (TPSA) is 72.9 Å². The zero-order valence-corrected chi connectivity index (χ0v) is 14.3. The van der Waals surface area contributed by atoms with Crippen LogP contribution in [0.1, 0.15) is 32.0 Å². The summed E-state index contributed by atoms with van der Waals surface area (Å²) in [6.07, 6.45) is 1.37. The van der Waals surface area contributed by atoms with Gasteiger partial charge in [0.05, 0.1) is 11.7 Å². The van der Waals surface area contributed by atoms with Gasteiger partial charge in [0.2, 0.25) is 5.91 Å². The largest absolute Gasteiger partial charge is 0.320 e. The normalized spacial score (nSPS) is 12.9. The number of aromatic nitrogens is 2. The van der Waals surface area contributed by atoms with E-state index in [1.165, 1.54) is 0 Å². The molecule has 2 aromatic rings. The van der Waals surface area contributed by atoms with Crippen LogP contribution in [0.15, 0.2) is 36.4 Å². The molecule has 1 atom stereocenters. The highest BCUT2D eigenvalue weighted by Gasteiger charge is 2.18. The van der Waals surface area contributed by atoms with E-state index in [9.17, 15) is 4.79 Å². The van der Waals surface area contributed by atoms with Crippen LogP contribution in [0.2, 0.25) is 0 Å². The monoisotopic (exact) mass is 314 g/mol. The van der Waals surface area contributed by atoms with E-state index >= 15 is 0 Å². The lowest BCUT2D eigenvalue weighted by molar-refractivity contribution is -0.117. The van der Waals surface area contributed by atoms with Crippen LogP contribution in [0.5, 0.6) is 0 Å². The van der Waals surface area contributed by atoms with Crippen LogP contribution in [0.25, 0.3) is 0 Å². The molecule has 23 heavy (non-hydrogen) atoms. The highest BCUT2D eigenvalue weighted by atomic mass is 16.2. The first-order chi connectivity index (χ1) is 10.7. The van der Waals surface area contributed by atoms with Crippen LogP contribution < -0.4 is 11.1 Å². The van der Waals surface area contributed by atoms with Crippen LogP contribution in [0, 0.1) is 5.41 Å². The van der Waals surface area contributed by atoms with Gasteiger partial charge in [0.1, 0.15) is 5.82 Å². The molecule has 0 unspecified atom stereocenters. The molecule has 3 N–H and O–H groups in total. The van der Waals surface area contributed by atoms with Gasteiger partial charge in [-0.2, -0.15) is 5.10 Å². The lowest BCUT2D eigenvalue weighted by atomic mass is 9.91. The Balaban J connectivity index is 1.99. The molecule has 0 fully saturated rings. The molecule has 0 bridgehead atoms. The van der Waals surface area contributed by atoms with Crippen LogP contribution in [0.4, 0.5) is 5.82 Å². The minimum absolute atomic E-state index is 0.152. The number of carbonyl (C=O) groups is 1. The van der Waals surface area contributed by atoms with Gasteiger partial charge < -0.3 is 11.1 Å². The predicted molar refractivity (Wildman–Crippen MR) is 93.1 cm³/mol. The number of nitrogens with one attached hydrogen (secondary N) is 1. The summed E-state index contributed by atoms with van der Waals surface area (Å²) >= 11 is 0. The standard InChI is InChI=1S/C18H26N4O/c1-18(2,3)12-14-11-16(22(4)21-14)20-17(23)15(19)10-13-8-6-5-7-9-13/h5-9,11,15H,10,12,19H2,1-4H3,(H,20,23)/t15-/m0/s1. The van der Waals surface area contributed by atoms with E-state index in [1.807, 2.05) is 43.4 Å². The second-order valence-electron chi connectivity index (χ2n) is 7.17. The fraction of sp³-hybridized carbons (Fsp3) is 0.444. The molecule has 0 aliphatic rings. The lowest BCUT2D eigenvalue weighted by Crippen LogP contribution is -2.37. The molecule has 124 valence electrons. The van der Waals surface area contributed by atoms with Crippen molar-refractivity contribution < 1.29 is 4.79 Å². The van der Waals surface area contributed by atoms with Crippen LogP contribution >= 0.6 is 0 Å². The summed E-state index contributed by atoms with van der Waals surface area (Å²) in [7, 11) is 1.82. The molecule has 0 aliphatic heterocycles. The molecule has 1 heterocycles. The molecule has 5 heteroatoms. The molecule has 0 saturated heterocycles. The smallest absolute Gasteiger partial charge is 0.242 e. The van der Waals surface area contributed by atoms with Gasteiger partial charge in [-0.1, -0.05) is 51.1 Å². The van der Waals surface area contributed by atoms with Gasteiger partial charge in [-0.3, -0.25) is 9.48 Å². The van der Waals surface area contributed by atoms with Crippen molar-refractivity contribution in [3.05, 3.63) is 47.7 Å². The van der Waals surface area contributed by atoms with Crippen molar-refractivity contribution >= 4 is 11.7 Å². The summed E-state index contributed by atoms with van der Waals surface area (Å²) < 4.78 is 1.69. The van der Waals surface area contributed by atoms with E-state index in [0.29, 0.717) is 12.2 Å². The Morgan fingerprint density at radius 1 is 1.30 bits per heavy atom. The second kappa shape index (κ2) is 6.96. The molecular weight excluding hydrogens is 288 g/mol. The van der Waals surface area contributed by atoms with Crippen molar-refractivity contribution in [3.8, 4) is 0 Å². The fourth-order valence-corrected chi connectivity index (χ4v) is 2.45. The SMILES string of the molecule is Cn1nc(CC(C)(C)C)cc1NC(=O)[C@@H](N)Cc1ccccc1. The molecule has 2 rings (SSSR count). The number of amides is 1. The van der Waals surface area contributed by atoms with Gasteiger partial charge in [-0.05, 0) is 23.8 Å². The number of nitrogens with zero attached hydrogens (tertiary/aromatic N) is 2. The van der Waals surface area contributed by atoms with Crippen molar-refractivity contribution in [1.82, 2.24) is 9.78 Å². The summed E-state index contributed by atoms with van der Waals surface area (Å²) in [5, 5.41) is 7.33. The number of nitrogens with two attached hydrogens (primary N) is 1. The Labute approximate surface area is 137 Å². The van der Waals surface area contributed by atoms with Crippen molar-refractivity contribution in [1.29, 1.82) is 0 Å². The van der Waals surface area contributed by atoms with E-state index in [4.69, 9.17) is 5.73 Å². The maximum Gasteiger partial charge on any atom is 0.242 e. The van der Waals surface area contributed by atoms with Gasteiger partial charge in [0.25, 0.3) is 0 Å². The Hall–Kier alpha value is -2.14. The zero-order valence-electron chi connectivity index (χ0n) is 14.3. The van der Waals surface area contributed by atoms with E-state index in [2.05, 4.69) is 31.2 Å². The van der Waals surface area contributed by atoms with E-state index in [0.717, 1.165) is 17.7 Å². The molecule has 5 nitrogen and oxygen atoms in total. The van der Waals surface area contributed by atoms with Gasteiger partial charge in [0.15, 0.2) is 0 Å². The molecule has 0 radical (unpaired) electrons. The maximum atomic E-state index is 12.3. The van der Waals surface area contributed by atoms with E-state index in [-0.39, 0.29) is 11.3 Å². The van der Waals surface area contributed by atoms with Gasteiger partial charge in [-0.25, -0.2) is 0 Å². The Kier molecular flexibility index (Phi) is 5.21. The molecule has 1 amide bonds. The molecule has 0 saturated carbocycles. The summed E-state index contributed by atoms with van der Waals surface area (Å²) in [6.45, 7) is 6.49. The third-order valence-electron chi connectivity index (χ3n) is 3.53. The molecule has 1 aromatic carbocycles. The van der Waals surface area contributed by atoms with Gasteiger partial charge in [-0.15, -0.1) is 0 Å². The zero-order chi connectivity index (χ0) is 17.0. The van der Waals surface area contributed by atoms with Crippen molar-refractivity contribution in [2.45, 2.75) is 39.7 Å². The van der Waals surface area contributed by atoms with E-state index < -0.39 is 6.04 Å². The average molecular weight is 314 g/mol. The minimum Gasteiger partial charge on any atom is -0.320 e. The Morgan fingerprint density at radius 3 is 2.57 bits per heavy atom. The summed E-state index contributed by atoms with van der Waals surface area (Å²) in [5.41, 5.74) is 8.18. The third kappa shape index (κ3) is 5.21. The quantitative estimate of drug-likeness (QED) is 0.890. The van der Waals surface area contributed by atoms with Crippen LogP contribution in [0.3, 0.4) is 0 Å². The van der Waals surface area contributed by atoms with Gasteiger partial charge >= 0.3 is 0 Å². The number of anilines is 1. The Bertz CT molecular complexity index is 655. The summed E-state index contributed by atoms with van der Waals surface area (Å²) in [6, 6.07) is 11.1. The first kappa shape index (κ1) is 17.2. The predicted octanol–water partition coefficient (Wildman–Crippen LogP) is 2.52. The highest BCUT2D eigenvalue weighted by molar-refractivity contribution is 5.94. The average Bonchev–Trinajstić information content (AvgIpc) is 2.77. The maximum absolute atomic E-state index is 12.3. The Morgan fingerprint density at radius 2 is 1.96 bits per heavy atom. The molecule has 1 aromatic heterocycles. The van der Waals surface area contributed by atoms with Crippen molar-refractivity contribution in [2.24, 2.45) is 18.2 Å². The third-order valence-corrected chi connectivity index (χ3v) is 3.53. The number of carbonyl (C=O) groups excluding carboxylic acids is 1. The second-order valence-corrected chi connectivity index (χ2v) is 7.17. The number of hydrogen-bond donors (Lipinski definition) is 2. The first-order valence-corrected chi connectivity index (χ1v) is 7.88. The minimum atomic E-state index is -0.585. The van der Waals surface area contributed by atoms with E-state index in [1.54, 1.807) is 4.68 Å². The number of hydrogen-bond acceptors (Lipinski definition) is 3. The van der Waals surface area contributed by atoms with Crippen LogP contribution in [-0.2, 0) is 24.7 Å². The highest BCUT2D eigenvalue weighted by Crippen LogP contribution is 2.21.